The molecule has 1 aliphatic heterocycles. The average Bonchev–Trinajstić information content (AvgIpc) is 3.21. The topological polar surface area (TPSA) is 88.4 Å². The van der Waals surface area contributed by atoms with Crippen LogP contribution in [0.3, 0.4) is 0 Å². The highest BCUT2D eigenvalue weighted by atomic mass is 19.1. The van der Waals surface area contributed by atoms with Crippen molar-refractivity contribution in [2.24, 2.45) is 5.73 Å². The summed E-state index contributed by atoms with van der Waals surface area (Å²) in [6, 6.07) is 1.21. The standard InChI is InChI=1S/C22H26FN3O3/c1-22(2,3)29-21(28)26-9-5-6-12(11-26)17-15(23)10-14(20(24)27)19-18(17)13-7-4-8-16(13)25-19/h6,10,25H,4-5,7-9,11H2,1-3H3,(H2,24,27). The lowest BCUT2D eigenvalue weighted by Crippen LogP contribution is -2.39. The van der Waals surface area contributed by atoms with Gasteiger partial charge in [0, 0.05) is 29.7 Å². The number of hydrogen-bond acceptors (Lipinski definition) is 3. The predicted octanol–water partition coefficient (Wildman–Crippen LogP) is 3.92. The van der Waals surface area contributed by atoms with Crippen molar-refractivity contribution in [2.45, 2.75) is 52.1 Å². The Morgan fingerprint density at radius 3 is 2.72 bits per heavy atom. The maximum atomic E-state index is 15.3. The van der Waals surface area contributed by atoms with Gasteiger partial charge in [0.25, 0.3) is 5.91 Å². The van der Waals surface area contributed by atoms with Crippen molar-refractivity contribution < 1.29 is 18.7 Å². The van der Waals surface area contributed by atoms with Gasteiger partial charge in [0.1, 0.15) is 11.4 Å². The van der Waals surface area contributed by atoms with Crippen LogP contribution in [-0.4, -0.2) is 40.6 Å². The molecule has 2 aliphatic rings. The third-order valence-corrected chi connectivity index (χ3v) is 5.46. The number of hydrogen-bond donors (Lipinski definition) is 2. The Kier molecular flexibility index (Phi) is 4.63. The number of aromatic nitrogens is 1. The van der Waals surface area contributed by atoms with Crippen LogP contribution in [0.5, 0.6) is 0 Å². The fourth-order valence-corrected chi connectivity index (χ4v) is 4.31. The highest BCUT2D eigenvalue weighted by Gasteiger charge is 2.30. The second-order valence-corrected chi connectivity index (χ2v) is 8.75. The highest BCUT2D eigenvalue weighted by molar-refractivity contribution is 6.09. The first-order valence-electron chi connectivity index (χ1n) is 9.99. The van der Waals surface area contributed by atoms with Crippen molar-refractivity contribution in [3.05, 3.63) is 40.3 Å². The Labute approximate surface area is 168 Å². The van der Waals surface area contributed by atoms with Gasteiger partial charge in [-0.25, -0.2) is 9.18 Å². The summed E-state index contributed by atoms with van der Waals surface area (Å²) in [6.07, 6.45) is 4.85. The molecule has 0 bridgehead atoms. The van der Waals surface area contributed by atoms with E-state index < -0.39 is 23.4 Å². The number of nitrogens with two attached hydrogens (primary N) is 1. The highest BCUT2D eigenvalue weighted by Crippen LogP contribution is 2.39. The van der Waals surface area contributed by atoms with Crippen LogP contribution in [0, 0.1) is 5.82 Å². The number of carbonyl (C=O) groups is 2. The van der Waals surface area contributed by atoms with E-state index in [4.69, 9.17) is 10.5 Å². The quantitative estimate of drug-likeness (QED) is 0.802. The van der Waals surface area contributed by atoms with Crippen molar-refractivity contribution >= 4 is 28.5 Å². The maximum absolute atomic E-state index is 15.3. The summed E-state index contributed by atoms with van der Waals surface area (Å²) in [5, 5.41) is 0.726. The molecule has 29 heavy (non-hydrogen) atoms. The minimum Gasteiger partial charge on any atom is -0.444 e. The number of primary amides is 1. The van der Waals surface area contributed by atoms with E-state index in [1.807, 2.05) is 26.8 Å². The summed E-state index contributed by atoms with van der Waals surface area (Å²) in [5.74, 6) is -1.15. The van der Waals surface area contributed by atoms with Crippen LogP contribution < -0.4 is 5.73 Å². The van der Waals surface area contributed by atoms with Gasteiger partial charge in [-0.2, -0.15) is 0 Å². The number of carbonyl (C=O) groups excluding carboxylic acids is 2. The monoisotopic (exact) mass is 399 g/mol. The molecule has 1 aliphatic carbocycles. The molecule has 0 saturated carbocycles. The van der Waals surface area contributed by atoms with E-state index in [9.17, 15) is 9.59 Å². The number of ether oxygens (including phenoxy) is 1. The Bertz CT molecular complexity index is 1050. The molecule has 0 atom stereocenters. The lowest BCUT2D eigenvalue weighted by atomic mass is 9.93. The van der Waals surface area contributed by atoms with Crippen LogP contribution in [0.2, 0.25) is 0 Å². The first kappa shape index (κ1) is 19.5. The van der Waals surface area contributed by atoms with Crippen LogP contribution in [0.15, 0.2) is 12.1 Å². The third-order valence-electron chi connectivity index (χ3n) is 5.46. The predicted molar refractivity (Wildman–Crippen MR) is 109 cm³/mol. The fraction of sp³-hybridized carbons (Fsp3) is 0.455. The van der Waals surface area contributed by atoms with Crippen LogP contribution in [0.1, 0.15) is 60.8 Å². The molecule has 0 spiro atoms. The van der Waals surface area contributed by atoms with E-state index in [0.717, 1.165) is 41.5 Å². The van der Waals surface area contributed by atoms with E-state index >= 15 is 4.39 Å². The van der Waals surface area contributed by atoms with Gasteiger partial charge >= 0.3 is 6.09 Å². The van der Waals surface area contributed by atoms with Crippen LogP contribution in [0.25, 0.3) is 16.5 Å². The molecule has 0 fully saturated rings. The first-order chi connectivity index (χ1) is 13.7. The van der Waals surface area contributed by atoms with Crippen molar-refractivity contribution in [2.75, 3.05) is 13.1 Å². The molecule has 4 rings (SSSR count). The summed E-state index contributed by atoms with van der Waals surface area (Å²) in [7, 11) is 0. The molecule has 0 saturated heterocycles. The summed E-state index contributed by atoms with van der Waals surface area (Å²) in [5.41, 5.74) is 8.94. The summed E-state index contributed by atoms with van der Waals surface area (Å²) >= 11 is 0. The zero-order valence-corrected chi connectivity index (χ0v) is 17.0. The Hall–Kier alpha value is -2.83. The molecule has 2 heterocycles. The lowest BCUT2D eigenvalue weighted by molar-refractivity contribution is 0.0273. The van der Waals surface area contributed by atoms with Gasteiger partial charge in [-0.05, 0) is 63.7 Å². The largest absolute Gasteiger partial charge is 0.444 e. The number of aromatic amines is 1. The van der Waals surface area contributed by atoms with Crippen LogP contribution in [-0.2, 0) is 17.6 Å². The van der Waals surface area contributed by atoms with Crippen LogP contribution in [0.4, 0.5) is 9.18 Å². The summed E-state index contributed by atoms with van der Waals surface area (Å²) in [4.78, 5) is 29.3. The molecule has 3 N–H and O–H groups in total. The first-order valence-corrected chi connectivity index (χ1v) is 9.99. The van der Waals surface area contributed by atoms with Gasteiger partial charge in [0.15, 0.2) is 0 Å². The average molecular weight is 399 g/mol. The van der Waals surface area contributed by atoms with Gasteiger partial charge in [0.05, 0.1) is 11.1 Å². The van der Waals surface area contributed by atoms with Gasteiger partial charge < -0.3 is 20.4 Å². The number of amides is 2. The molecule has 6 nitrogen and oxygen atoms in total. The molecule has 1 aromatic carbocycles. The number of fused-ring (bicyclic) bond motifs is 3. The molecule has 2 amide bonds. The molecule has 0 unspecified atom stereocenters. The Morgan fingerprint density at radius 1 is 1.28 bits per heavy atom. The molecule has 7 heteroatoms. The van der Waals surface area contributed by atoms with Gasteiger partial charge in [0.2, 0.25) is 0 Å². The maximum Gasteiger partial charge on any atom is 0.410 e. The number of nitrogens with zero attached hydrogens (tertiary/aromatic N) is 1. The summed E-state index contributed by atoms with van der Waals surface area (Å²) in [6.45, 7) is 6.24. The normalized spacial score (nSPS) is 16.7. The molecular formula is C22H26FN3O3. The lowest BCUT2D eigenvalue weighted by Gasteiger charge is -2.30. The molecule has 154 valence electrons. The SMILES string of the molecule is CC(C)(C)OC(=O)N1CCC=C(c2c(F)cc(C(N)=O)c3[nH]c4c(c23)CCC4)C1. The number of halogens is 1. The van der Waals surface area contributed by atoms with Crippen molar-refractivity contribution in [1.29, 1.82) is 0 Å². The van der Waals surface area contributed by atoms with Gasteiger partial charge in [-0.1, -0.05) is 6.08 Å². The molecule has 0 radical (unpaired) electrons. The van der Waals surface area contributed by atoms with Crippen molar-refractivity contribution in [3.63, 3.8) is 0 Å². The van der Waals surface area contributed by atoms with Crippen molar-refractivity contribution in [1.82, 2.24) is 9.88 Å². The number of aryl methyl sites for hydroxylation is 2. The zero-order chi connectivity index (χ0) is 20.9. The third kappa shape index (κ3) is 3.50. The van der Waals surface area contributed by atoms with E-state index in [1.54, 1.807) is 4.90 Å². The van der Waals surface area contributed by atoms with E-state index in [2.05, 4.69) is 4.98 Å². The Morgan fingerprint density at radius 2 is 2.03 bits per heavy atom. The molecular weight excluding hydrogens is 373 g/mol. The Balaban J connectivity index is 1.79. The number of H-pyrrole nitrogens is 1. The fourth-order valence-electron chi connectivity index (χ4n) is 4.31. The molecule has 2 aromatic rings. The van der Waals surface area contributed by atoms with Gasteiger partial charge in [-0.15, -0.1) is 0 Å². The number of benzene rings is 1. The van der Waals surface area contributed by atoms with Crippen LogP contribution >= 0.6 is 0 Å². The smallest absolute Gasteiger partial charge is 0.410 e. The number of rotatable bonds is 2. The summed E-state index contributed by atoms with van der Waals surface area (Å²) < 4.78 is 20.8. The zero-order valence-electron chi connectivity index (χ0n) is 17.0. The minimum atomic E-state index is -0.659. The molecule has 1 aromatic heterocycles. The second-order valence-electron chi connectivity index (χ2n) is 8.75. The van der Waals surface area contributed by atoms with E-state index in [-0.39, 0.29) is 12.1 Å². The second kappa shape index (κ2) is 6.90. The van der Waals surface area contributed by atoms with E-state index in [0.29, 0.717) is 24.0 Å². The minimum absolute atomic E-state index is 0.163. The number of nitrogens with one attached hydrogen (secondary N) is 1. The van der Waals surface area contributed by atoms with Gasteiger partial charge in [-0.3, -0.25) is 4.79 Å². The van der Waals surface area contributed by atoms with E-state index in [1.165, 1.54) is 6.07 Å². The van der Waals surface area contributed by atoms with Crippen molar-refractivity contribution in [3.8, 4) is 0 Å².